The molecule has 0 bridgehead atoms. The highest BCUT2D eigenvalue weighted by molar-refractivity contribution is 5.76. The molecule has 5 aliphatic rings. The van der Waals surface area contributed by atoms with Gasteiger partial charge in [0.05, 0.1) is 51.8 Å². The first-order valence-electron chi connectivity index (χ1n) is 11.1. The first kappa shape index (κ1) is 19.0. The van der Waals surface area contributed by atoms with Crippen molar-refractivity contribution in [3.63, 3.8) is 0 Å². The van der Waals surface area contributed by atoms with Crippen molar-refractivity contribution in [3.8, 4) is 0 Å². The lowest BCUT2D eigenvalue weighted by Gasteiger charge is -2.51. The number of nitrogens with one attached hydrogen (secondary N) is 1. The number of likely N-dealkylation sites (tertiary alicyclic amines) is 1. The van der Waals surface area contributed by atoms with Crippen LogP contribution in [-0.4, -0.2) is 61.9 Å². The van der Waals surface area contributed by atoms with Crippen molar-refractivity contribution >= 4 is 5.97 Å². The number of esters is 1. The lowest BCUT2D eigenvalue weighted by molar-refractivity contribution is -0.911. The van der Waals surface area contributed by atoms with Crippen molar-refractivity contribution < 1.29 is 29.0 Å². The number of carbonyl (C=O) groups is 1. The highest BCUT2D eigenvalue weighted by atomic mass is 16.7. The quantitative estimate of drug-likeness (QED) is 0.535. The van der Waals surface area contributed by atoms with Crippen LogP contribution >= 0.6 is 0 Å². The topological polar surface area (TPSA) is 69.4 Å². The second-order valence-corrected chi connectivity index (χ2v) is 9.86. The predicted octanol–water partition coefficient (Wildman–Crippen LogP) is 0.693. The second-order valence-electron chi connectivity index (χ2n) is 9.86. The molecule has 2 aliphatic carbocycles. The van der Waals surface area contributed by atoms with E-state index >= 15 is 0 Å². The normalized spacial score (nSPS) is 45.5. The lowest BCUT2D eigenvalue weighted by Crippen LogP contribution is -3.14. The third-order valence-electron chi connectivity index (χ3n) is 8.61. The van der Waals surface area contributed by atoms with Crippen LogP contribution in [0, 0.1) is 23.2 Å². The van der Waals surface area contributed by atoms with E-state index in [-0.39, 0.29) is 35.1 Å². The fraction of sp³-hybridized carbons (Fsp3) is 0.864. The van der Waals surface area contributed by atoms with Gasteiger partial charge in [-0.2, -0.15) is 0 Å². The summed E-state index contributed by atoms with van der Waals surface area (Å²) < 4.78 is 17.5. The number of ether oxygens (including phenoxy) is 3. The Bertz CT molecular complexity index is 662. The van der Waals surface area contributed by atoms with Gasteiger partial charge in [-0.15, -0.1) is 0 Å². The van der Waals surface area contributed by atoms with Crippen LogP contribution in [0.5, 0.6) is 0 Å². The molecule has 0 aromatic carbocycles. The molecule has 3 heterocycles. The van der Waals surface area contributed by atoms with Crippen molar-refractivity contribution in [1.82, 2.24) is 0 Å². The van der Waals surface area contributed by atoms with E-state index in [0.717, 1.165) is 51.7 Å². The molecule has 3 saturated heterocycles. The Hall–Kier alpha value is -0.950. The first-order chi connectivity index (χ1) is 13.4. The average Bonchev–Trinajstić information content (AvgIpc) is 3.25. The maximum Gasteiger partial charge on any atom is 0.315 e. The van der Waals surface area contributed by atoms with Crippen molar-refractivity contribution in [2.45, 2.75) is 63.9 Å². The molecule has 1 spiro atoms. The molecule has 6 heteroatoms. The molecule has 6 atom stereocenters. The number of aliphatic hydroxyl groups is 1. The minimum atomic E-state index is -0.513. The van der Waals surface area contributed by atoms with Gasteiger partial charge in [-0.05, 0) is 18.8 Å². The minimum Gasteiger partial charge on any atom is -0.461 e. The number of rotatable bonds is 2. The molecule has 0 radical (unpaired) electrons. The lowest BCUT2D eigenvalue weighted by atomic mass is 9.55. The van der Waals surface area contributed by atoms with Gasteiger partial charge in [0.25, 0.3) is 0 Å². The van der Waals surface area contributed by atoms with Gasteiger partial charge in [-0.1, -0.05) is 25.5 Å². The Morgan fingerprint density at radius 3 is 2.68 bits per heavy atom. The van der Waals surface area contributed by atoms with E-state index in [2.05, 4.69) is 19.9 Å². The van der Waals surface area contributed by atoms with Crippen molar-refractivity contribution in [2.75, 3.05) is 32.8 Å². The average molecular weight is 393 g/mol. The highest BCUT2D eigenvalue weighted by Gasteiger charge is 2.60. The fourth-order valence-electron chi connectivity index (χ4n) is 6.58. The first-order valence-corrected chi connectivity index (χ1v) is 11.1. The van der Waals surface area contributed by atoms with Gasteiger partial charge in [-0.3, -0.25) is 4.79 Å². The number of carbonyl (C=O) groups excluding carboxylic acids is 1. The third-order valence-corrected chi connectivity index (χ3v) is 8.61. The Kier molecular flexibility index (Phi) is 4.62. The number of quaternary nitrogens is 1. The molecule has 2 N–H and O–H groups in total. The zero-order chi connectivity index (χ0) is 19.5. The zero-order valence-electron chi connectivity index (χ0n) is 17.1. The van der Waals surface area contributed by atoms with Crippen LogP contribution in [0.25, 0.3) is 0 Å². The van der Waals surface area contributed by atoms with E-state index in [1.807, 2.05) is 0 Å². The van der Waals surface area contributed by atoms with Gasteiger partial charge < -0.3 is 24.2 Å². The summed E-state index contributed by atoms with van der Waals surface area (Å²) in [4.78, 5) is 14.2. The van der Waals surface area contributed by atoms with Gasteiger partial charge >= 0.3 is 5.97 Å². The van der Waals surface area contributed by atoms with Gasteiger partial charge in [0, 0.05) is 17.8 Å². The van der Waals surface area contributed by atoms with Crippen LogP contribution in [0.4, 0.5) is 0 Å². The number of allylic oxidation sites excluding steroid dienone is 1. The molecule has 0 aromatic heterocycles. The summed E-state index contributed by atoms with van der Waals surface area (Å²) in [5.41, 5.74) is 1.08. The summed E-state index contributed by atoms with van der Waals surface area (Å²) in [6, 6.07) is 0. The maximum absolute atomic E-state index is 12.8. The summed E-state index contributed by atoms with van der Waals surface area (Å²) in [6.45, 7) is 8.46. The smallest absolute Gasteiger partial charge is 0.315 e. The number of hydrogen-bond donors (Lipinski definition) is 2. The molecule has 28 heavy (non-hydrogen) atoms. The second kappa shape index (κ2) is 6.79. The fourth-order valence-corrected chi connectivity index (χ4v) is 6.58. The van der Waals surface area contributed by atoms with Crippen LogP contribution in [0.2, 0.25) is 0 Å². The Labute approximate surface area is 167 Å². The third kappa shape index (κ3) is 2.79. The monoisotopic (exact) mass is 392 g/mol. The summed E-state index contributed by atoms with van der Waals surface area (Å²) in [5, 5.41) is 11.5. The van der Waals surface area contributed by atoms with E-state index in [0.29, 0.717) is 19.1 Å². The zero-order valence-corrected chi connectivity index (χ0v) is 17.1. The summed E-state index contributed by atoms with van der Waals surface area (Å²) in [7, 11) is 0. The van der Waals surface area contributed by atoms with Gasteiger partial charge in [-0.25, -0.2) is 0 Å². The number of aliphatic hydroxyl groups excluding tert-OH is 1. The molecule has 6 nitrogen and oxygen atoms in total. The summed E-state index contributed by atoms with van der Waals surface area (Å²) in [6.07, 6.45) is 6.34. The van der Waals surface area contributed by atoms with E-state index in [1.54, 1.807) is 0 Å². The molecule has 156 valence electrons. The van der Waals surface area contributed by atoms with E-state index in [9.17, 15) is 9.90 Å². The van der Waals surface area contributed by atoms with E-state index < -0.39 is 6.10 Å². The molecular formula is C22H34NO5+. The molecule has 0 aromatic rings. The molecule has 1 saturated carbocycles. The van der Waals surface area contributed by atoms with E-state index in [1.165, 1.54) is 10.5 Å². The van der Waals surface area contributed by atoms with Crippen molar-refractivity contribution in [3.05, 3.63) is 11.6 Å². The standard InChI is InChI=1S/C22H33NO5/c1-14-4-3-5-15-12-17-18(19(24)21(14,15)2)16(20(25)28-17)13-23-8-6-22(7-9-23)26-10-11-27-22/h5,14,16-19,24H,3-4,6-13H2,1-2H3/p+1/t14-,16+,17+,18+,19-,21+/m0/s1. The molecule has 0 unspecified atom stereocenters. The van der Waals surface area contributed by atoms with E-state index in [4.69, 9.17) is 14.2 Å². The summed E-state index contributed by atoms with van der Waals surface area (Å²) in [5.74, 6) is -0.346. The Morgan fingerprint density at radius 2 is 1.96 bits per heavy atom. The molecule has 3 aliphatic heterocycles. The molecule has 4 fully saturated rings. The van der Waals surface area contributed by atoms with Gasteiger partial charge in [0.1, 0.15) is 12.0 Å². The van der Waals surface area contributed by atoms with Crippen LogP contribution < -0.4 is 4.90 Å². The Morgan fingerprint density at radius 1 is 1.25 bits per heavy atom. The van der Waals surface area contributed by atoms with Gasteiger partial charge in [0.15, 0.2) is 5.79 Å². The van der Waals surface area contributed by atoms with Crippen LogP contribution in [-0.2, 0) is 19.0 Å². The van der Waals surface area contributed by atoms with Crippen LogP contribution in [0.3, 0.4) is 0 Å². The molecule has 5 rings (SSSR count). The molecular weight excluding hydrogens is 358 g/mol. The molecule has 0 amide bonds. The van der Waals surface area contributed by atoms with Crippen molar-refractivity contribution in [1.29, 1.82) is 0 Å². The van der Waals surface area contributed by atoms with Gasteiger partial charge in [0.2, 0.25) is 0 Å². The number of fused-ring (bicyclic) bond motifs is 2. The number of hydrogen-bond acceptors (Lipinski definition) is 5. The number of piperidine rings is 1. The minimum absolute atomic E-state index is 0.0856. The predicted molar refractivity (Wildman–Crippen MR) is 102 cm³/mol. The van der Waals surface area contributed by atoms with Crippen LogP contribution in [0.1, 0.15) is 46.0 Å². The Balaban J connectivity index is 1.31. The van der Waals surface area contributed by atoms with Crippen LogP contribution in [0.15, 0.2) is 11.6 Å². The maximum atomic E-state index is 12.8. The SMILES string of the molecule is C[C@H]1CCC=C2C[C@H]3OC(=O)[C@H](C[NH+]4CCC5(CC4)OCCO5)[C@H]3[C@H](O)[C@@]21C. The largest absolute Gasteiger partial charge is 0.461 e. The van der Waals surface area contributed by atoms with Crippen molar-refractivity contribution in [2.24, 2.45) is 23.2 Å². The highest BCUT2D eigenvalue weighted by Crippen LogP contribution is 2.55. The summed E-state index contributed by atoms with van der Waals surface area (Å²) >= 11 is 0.